The summed E-state index contributed by atoms with van der Waals surface area (Å²) < 4.78 is 0.941. The number of carbonyl (C=O) groups excluding carboxylic acids is 1. The summed E-state index contributed by atoms with van der Waals surface area (Å²) in [6, 6.07) is 9.45. The van der Waals surface area contributed by atoms with Gasteiger partial charge in [0.15, 0.2) is 0 Å². The fourth-order valence-corrected chi connectivity index (χ4v) is 2.71. The summed E-state index contributed by atoms with van der Waals surface area (Å²) in [6.07, 6.45) is 3.56. The number of carbonyl (C=O) groups is 1. The Balaban J connectivity index is 1.80. The lowest BCUT2D eigenvalue weighted by molar-refractivity contribution is 0.0787. The van der Waals surface area contributed by atoms with Gasteiger partial charge in [0.25, 0.3) is 5.91 Å². The SMILES string of the molecule is O=C(c1cc(Nc2ccccc2Br)ncn1)N1CCCC1. The molecule has 6 heteroatoms. The lowest BCUT2D eigenvalue weighted by atomic mass is 10.3. The van der Waals surface area contributed by atoms with Gasteiger partial charge in [0.05, 0.1) is 5.69 Å². The molecule has 1 aliphatic heterocycles. The number of rotatable bonds is 3. The fourth-order valence-electron chi connectivity index (χ4n) is 2.33. The smallest absolute Gasteiger partial charge is 0.272 e. The van der Waals surface area contributed by atoms with Crippen molar-refractivity contribution in [2.45, 2.75) is 12.8 Å². The summed E-state index contributed by atoms with van der Waals surface area (Å²) in [5.41, 5.74) is 1.33. The van der Waals surface area contributed by atoms with Crippen LogP contribution < -0.4 is 5.32 Å². The van der Waals surface area contributed by atoms with Crippen LogP contribution in [0.3, 0.4) is 0 Å². The molecule has 1 amide bonds. The van der Waals surface area contributed by atoms with Gasteiger partial charge in [-0.25, -0.2) is 9.97 Å². The molecule has 0 bridgehead atoms. The van der Waals surface area contributed by atoms with E-state index in [0.29, 0.717) is 11.5 Å². The number of nitrogens with one attached hydrogen (secondary N) is 1. The number of halogens is 1. The van der Waals surface area contributed by atoms with Crippen LogP contribution in [0.2, 0.25) is 0 Å². The third kappa shape index (κ3) is 3.21. The van der Waals surface area contributed by atoms with E-state index in [2.05, 4.69) is 31.2 Å². The summed E-state index contributed by atoms with van der Waals surface area (Å²) in [7, 11) is 0. The first kappa shape index (κ1) is 14.0. The van der Waals surface area contributed by atoms with Gasteiger partial charge in [-0.05, 0) is 40.9 Å². The molecule has 2 aromatic rings. The Bertz CT molecular complexity index is 656. The van der Waals surface area contributed by atoms with Gasteiger partial charge in [0.2, 0.25) is 0 Å². The number of hydrogen-bond donors (Lipinski definition) is 1. The second-order valence-electron chi connectivity index (χ2n) is 4.89. The molecule has 1 saturated heterocycles. The Labute approximate surface area is 131 Å². The lowest BCUT2D eigenvalue weighted by Gasteiger charge is -2.15. The zero-order valence-corrected chi connectivity index (χ0v) is 13.0. The average Bonchev–Trinajstić information content (AvgIpc) is 3.03. The normalized spacial score (nSPS) is 14.2. The summed E-state index contributed by atoms with van der Waals surface area (Å²) in [5, 5.41) is 3.19. The fraction of sp³-hybridized carbons (Fsp3) is 0.267. The monoisotopic (exact) mass is 346 g/mol. The maximum Gasteiger partial charge on any atom is 0.272 e. The molecule has 0 aliphatic carbocycles. The lowest BCUT2D eigenvalue weighted by Crippen LogP contribution is -2.28. The van der Waals surface area contributed by atoms with Crippen molar-refractivity contribution < 1.29 is 4.79 Å². The van der Waals surface area contributed by atoms with Gasteiger partial charge in [-0.1, -0.05) is 12.1 Å². The van der Waals surface area contributed by atoms with E-state index in [-0.39, 0.29) is 5.91 Å². The molecule has 1 aromatic heterocycles. The van der Waals surface area contributed by atoms with Crippen molar-refractivity contribution in [1.82, 2.24) is 14.9 Å². The maximum absolute atomic E-state index is 12.3. The van der Waals surface area contributed by atoms with Crippen LogP contribution in [0, 0.1) is 0 Å². The van der Waals surface area contributed by atoms with Crippen molar-refractivity contribution in [3.8, 4) is 0 Å². The zero-order chi connectivity index (χ0) is 14.7. The van der Waals surface area contributed by atoms with E-state index < -0.39 is 0 Å². The third-order valence-corrected chi connectivity index (χ3v) is 4.11. The second kappa shape index (κ2) is 6.22. The van der Waals surface area contributed by atoms with Gasteiger partial charge in [-0.2, -0.15) is 0 Å². The van der Waals surface area contributed by atoms with Crippen molar-refractivity contribution in [2.75, 3.05) is 18.4 Å². The average molecular weight is 347 g/mol. The molecular formula is C15H15BrN4O. The minimum atomic E-state index is -0.0231. The summed E-state index contributed by atoms with van der Waals surface area (Å²) >= 11 is 3.47. The maximum atomic E-state index is 12.3. The summed E-state index contributed by atoms with van der Waals surface area (Å²) in [4.78, 5) is 22.4. The number of anilines is 2. The Morgan fingerprint density at radius 2 is 1.95 bits per heavy atom. The van der Waals surface area contributed by atoms with Crippen molar-refractivity contribution in [3.63, 3.8) is 0 Å². The first-order valence-corrected chi connectivity index (χ1v) is 7.66. The molecule has 1 aliphatic rings. The molecule has 0 unspecified atom stereocenters. The topological polar surface area (TPSA) is 58.1 Å². The van der Waals surface area contributed by atoms with Crippen molar-refractivity contribution >= 4 is 33.3 Å². The van der Waals surface area contributed by atoms with Crippen LogP contribution >= 0.6 is 15.9 Å². The zero-order valence-electron chi connectivity index (χ0n) is 11.4. The first-order valence-electron chi connectivity index (χ1n) is 6.87. The number of likely N-dealkylation sites (tertiary alicyclic amines) is 1. The van der Waals surface area contributed by atoms with Gasteiger partial charge in [-0.15, -0.1) is 0 Å². The molecule has 1 fully saturated rings. The molecular weight excluding hydrogens is 332 g/mol. The first-order chi connectivity index (χ1) is 10.2. The van der Waals surface area contributed by atoms with Crippen LogP contribution in [0.5, 0.6) is 0 Å². The molecule has 0 atom stereocenters. The van der Waals surface area contributed by atoms with Crippen molar-refractivity contribution in [1.29, 1.82) is 0 Å². The quantitative estimate of drug-likeness (QED) is 0.926. The van der Waals surface area contributed by atoms with Crippen LogP contribution in [0.1, 0.15) is 23.3 Å². The van der Waals surface area contributed by atoms with Gasteiger partial charge >= 0.3 is 0 Å². The summed E-state index contributed by atoms with van der Waals surface area (Å²) in [5.74, 6) is 0.588. The standard InChI is InChI=1S/C15H15BrN4O/c16-11-5-1-2-6-12(11)19-14-9-13(17-10-18-14)15(21)20-7-3-4-8-20/h1-2,5-6,9-10H,3-4,7-8H2,(H,17,18,19). The van der Waals surface area contributed by atoms with Gasteiger partial charge in [0, 0.05) is 23.6 Å². The number of hydrogen-bond acceptors (Lipinski definition) is 4. The van der Waals surface area contributed by atoms with Crippen LogP contribution in [0.15, 0.2) is 41.1 Å². The van der Waals surface area contributed by atoms with E-state index in [9.17, 15) is 4.79 Å². The molecule has 2 heterocycles. The van der Waals surface area contributed by atoms with E-state index in [1.165, 1.54) is 6.33 Å². The Hall–Kier alpha value is -1.95. The van der Waals surface area contributed by atoms with Gasteiger partial charge < -0.3 is 10.2 Å². The van der Waals surface area contributed by atoms with E-state index >= 15 is 0 Å². The Morgan fingerprint density at radius 1 is 1.19 bits per heavy atom. The second-order valence-corrected chi connectivity index (χ2v) is 5.75. The predicted octanol–water partition coefficient (Wildman–Crippen LogP) is 3.22. The number of nitrogens with zero attached hydrogens (tertiary/aromatic N) is 3. The van der Waals surface area contributed by atoms with E-state index in [1.807, 2.05) is 29.2 Å². The van der Waals surface area contributed by atoms with Crippen LogP contribution in [0.25, 0.3) is 0 Å². The number of benzene rings is 1. The number of para-hydroxylation sites is 1. The van der Waals surface area contributed by atoms with Gasteiger partial charge in [-0.3, -0.25) is 4.79 Å². The number of aromatic nitrogens is 2. The summed E-state index contributed by atoms with van der Waals surface area (Å²) in [6.45, 7) is 1.63. The van der Waals surface area contributed by atoms with Crippen molar-refractivity contribution in [2.24, 2.45) is 0 Å². The molecule has 1 N–H and O–H groups in total. The molecule has 0 saturated carbocycles. The molecule has 0 spiro atoms. The van der Waals surface area contributed by atoms with E-state index in [1.54, 1.807) is 6.07 Å². The Kier molecular flexibility index (Phi) is 4.15. The largest absolute Gasteiger partial charge is 0.339 e. The highest BCUT2D eigenvalue weighted by molar-refractivity contribution is 9.10. The minimum absolute atomic E-state index is 0.0231. The predicted molar refractivity (Wildman–Crippen MR) is 84.6 cm³/mol. The molecule has 108 valence electrons. The highest BCUT2D eigenvalue weighted by Gasteiger charge is 2.20. The van der Waals surface area contributed by atoms with Gasteiger partial charge in [0.1, 0.15) is 17.8 Å². The minimum Gasteiger partial charge on any atom is -0.339 e. The molecule has 0 radical (unpaired) electrons. The molecule has 1 aromatic carbocycles. The van der Waals surface area contributed by atoms with Crippen LogP contribution in [-0.4, -0.2) is 33.9 Å². The van der Waals surface area contributed by atoms with E-state index in [0.717, 1.165) is 36.1 Å². The van der Waals surface area contributed by atoms with Crippen LogP contribution in [0.4, 0.5) is 11.5 Å². The number of amides is 1. The highest BCUT2D eigenvalue weighted by Crippen LogP contribution is 2.24. The van der Waals surface area contributed by atoms with Crippen molar-refractivity contribution in [3.05, 3.63) is 46.8 Å². The molecule has 21 heavy (non-hydrogen) atoms. The van der Waals surface area contributed by atoms with Crippen LogP contribution in [-0.2, 0) is 0 Å². The molecule has 5 nitrogen and oxygen atoms in total. The highest BCUT2D eigenvalue weighted by atomic mass is 79.9. The third-order valence-electron chi connectivity index (χ3n) is 3.42. The molecule has 3 rings (SSSR count). The van der Waals surface area contributed by atoms with E-state index in [4.69, 9.17) is 0 Å². The Morgan fingerprint density at radius 3 is 2.71 bits per heavy atom.